The van der Waals surface area contributed by atoms with Crippen LogP contribution in [0.15, 0.2) is 72.8 Å². The molecule has 2 amide bonds. The predicted molar refractivity (Wildman–Crippen MR) is 123 cm³/mol. The smallest absolute Gasteiger partial charge is 0.258 e. The van der Waals surface area contributed by atoms with Gasteiger partial charge in [-0.3, -0.25) is 9.59 Å². The zero-order valence-corrected chi connectivity index (χ0v) is 17.6. The van der Waals surface area contributed by atoms with Gasteiger partial charge >= 0.3 is 0 Å². The van der Waals surface area contributed by atoms with E-state index in [9.17, 15) is 9.59 Å². The molecule has 0 fully saturated rings. The molecular weight excluding hydrogens is 374 g/mol. The largest absolute Gasteiger partial charge is 0.376 e. The molecule has 5 nitrogen and oxygen atoms in total. The monoisotopic (exact) mass is 401 g/mol. The molecule has 2 N–H and O–H groups in total. The number of rotatable bonds is 7. The summed E-state index contributed by atoms with van der Waals surface area (Å²) >= 11 is 0. The van der Waals surface area contributed by atoms with Crippen molar-refractivity contribution in [2.24, 2.45) is 0 Å². The molecule has 0 aromatic heterocycles. The van der Waals surface area contributed by atoms with Gasteiger partial charge in [0.25, 0.3) is 5.91 Å². The van der Waals surface area contributed by atoms with Crippen molar-refractivity contribution in [3.8, 4) is 0 Å². The molecule has 0 aliphatic heterocycles. The lowest BCUT2D eigenvalue weighted by molar-refractivity contribution is -0.114. The predicted octanol–water partition coefficient (Wildman–Crippen LogP) is 5.02. The standard InChI is InChI=1S/C25H27N3O2/c1-4-28(23-11-6-5-7-12-23)25(30)20-9-8-10-21(16-20)26-17-24(29)27-22-14-18(2)13-19(3)15-22/h5-16,26H,4,17H2,1-3H3,(H,27,29). The highest BCUT2D eigenvalue weighted by Crippen LogP contribution is 2.19. The molecule has 30 heavy (non-hydrogen) atoms. The van der Waals surface area contributed by atoms with E-state index in [0.29, 0.717) is 12.1 Å². The summed E-state index contributed by atoms with van der Waals surface area (Å²) in [7, 11) is 0. The maximum Gasteiger partial charge on any atom is 0.258 e. The minimum absolute atomic E-state index is 0.0768. The van der Waals surface area contributed by atoms with Gasteiger partial charge in [-0.1, -0.05) is 30.3 Å². The third kappa shape index (κ3) is 5.47. The Labute approximate surface area is 177 Å². The Bertz CT molecular complexity index is 1010. The molecule has 0 aliphatic carbocycles. The van der Waals surface area contributed by atoms with Crippen molar-refractivity contribution in [1.82, 2.24) is 0 Å². The molecule has 0 spiro atoms. The Morgan fingerprint density at radius 2 is 1.53 bits per heavy atom. The normalized spacial score (nSPS) is 10.4. The van der Waals surface area contributed by atoms with E-state index in [1.54, 1.807) is 17.0 Å². The molecule has 0 unspecified atom stereocenters. The summed E-state index contributed by atoms with van der Waals surface area (Å²) in [5.41, 5.74) is 5.13. The van der Waals surface area contributed by atoms with Crippen LogP contribution in [0.1, 0.15) is 28.4 Å². The van der Waals surface area contributed by atoms with Crippen LogP contribution in [0.4, 0.5) is 17.1 Å². The number of carbonyl (C=O) groups is 2. The lowest BCUT2D eigenvalue weighted by Crippen LogP contribution is -2.30. The van der Waals surface area contributed by atoms with E-state index in [0.717, 1.165) is 28.2 Å². The third-order valence-corrected chi connectivity index (χ3v) is 4.70. The van der Waals surface area contributed by atoms with E-state index in [-0.39, 0.29) is 18.4 Å². The molecule has 3 rings (SSSR count). The number of aryl methyl sites for hydroxylation is 2. The maximum absolute atomic E-state index is 13.0. The summed E-state index contributed by atoms with van der Waals surface area (Å²) in [5, 5.41) is 6.01. The SMILES string of the molecule is CCN(C(=O)c1cccc(NCC(=O)Nc2cc(C)cc(C)c2)c1)c1ccccc1. The average molecular weight is 402 g/mol. The van der Waals surface area contributed by atoms with Crippen LogP contribution in [0.5, 0.6) is 0 Å². The number of nitrogens with zero attached hydrogens (tertiary/aromatic N) is 1. The van der Waals surface area contributed by atoms with Crippen LogP contribution in [0.2, 0.25) is 0 Å². The number of amides is 2. The maximum atomic E-state index is 13.0. The van der Waals surface area contributed by atoms with Crippen molar-refractivity contribution in [3.05, 3.63) is 89.5 Å². The third-order valence-electron chi connectivity index (χ3n) is 4.70. The lowest BCUT2D eigenvalue weighted by Gasteiger charge is -2.21. The second-order valence-electron chi connectivity index (χ2n) is 7.24. The van der Waals surface area contributed by atoms with Gasteiger partial charge in [-0.15, -0.1) is 0 Å². The molecule has 0 saturated heterocycles. The molecule has 0 radical (unpaired) electrons. The van der Waals surface area contributed by atoms with E-state index >= 15 is 0 Å². The first-order valence-corrected chi connectivity index (χ1v) is 10.1. The highest BCUT2D eigenvalue weighted by molar-refractivity contribution is 6.06. The highest BCUT2D eigenvalue weighted by atomic mass is 16.2. The summed E-state index contributed by atoms with van der Waals surface area (Å²) < 4.78 is 0. The molecule has 0 aliphatic rings. The van der Waals surface area contributed by atoms with E-state index in [2.05, 4.69) is 16.7 Å². The van der Waals surface area contributed by atoms with Crippen LogP contribution in [0, 0.1) is 13.8 Å². The Kier molecular flexibility index (Phi) is 6.86. The number of benzene rings is 3. The fraction of sp³-hybridized carbons (Fsp3) is 0.200. The molecule has 3 aromatic carbocycles. The molecule has 0 bridgehead atoms. The zero-order valence-electron chi connectivity index (χ0n) is 17.6. The molecule has 0 atom stereocenters. The number of anilines is 3. The van der Waals surface area contributed by atoms with Gasteiger partial charge in [0.05, 0.1) is 6.54 Å². The Morgan fingerprint density at radius 1 is 0.833 bits per heavy atom. The second-order valence-corrected chi connectivity index (χ2v) is 7.24. The van der Waals surface area contributed by atoms with Gasteiger partial charge in [0.1, 0.15) is 0 Å². The van der Waals surface area contributed by atoms with Gasteiger partial charge in [0.15, 0.2) is 0 Å². The quantitative estimate of drug-likeness (QED) is 0.584. The summed E-state index contributed by atoms with van der Waals surface area (Å²) in [6.45, 7) is 6.63. The molecular formula is C25H27N3O2. The molecule has 5 heteroatoms. The summed E-state index contributed by atoms with van der Waals surface area (Å²) in [6, 6.07) is 22.8. The Balaban J connectivity index is 1.65. The Morgan fingerprint density at radius 3 is 2.20 bits per heavy atom. The van der Waals surface area contributed by atoms with Crippen molar-refractivity contribution < 1.29 is 9.59 Å². The first-order valence-electron chi connectivity index (χ1n) is 10.1. The van der Waals surface area contributed by atoms with Crippen molar-refractivity contribution in [3.63, 3.8) is 0 Å². The lowest BCUT2D eigenvalue weighted by atomic mass is 10.1. The molecule has 0 saturated carbocycles. The zero-order chi connectivity index (χ0) is 21.5. The van der Waals surface area contributed by atoms with Crippen molar-refractivity contribution in [2.75, 3.05) is 28.6 Å². The van der Waals surface area contributed by atoms with Crippen LogP contribution in [0.25, 0.3) is 0 Å². The second kappa shape index (κ2) is 9.74. The number of carbonyl (C=O) groups excluding carboxylic acids is 2. The van der Waals surface area contributed by atoms with Crippen LogP contribution in [0.3, 0.4) is 0 Å². The Hall–Kier alpha value is -3.60. The van der Waals surface area contributed by atoms with Crippen molar-refractivity contribution >= 4 is 28.9 Å². The van der Waals surface area contributed by atoms with Crippen LogP contribution < -0.4 is 15.5 Å². The number of hydrogen-bond acceptors (Lipinski definition) is 3. The fourth-order valence-electron chi connectivity index (χ4n) is 3.40. The van der Waals surface area contributed by atoms with Gasteiger partial charge in [0.2, 0.25) is 5.91 Å². The summed E-state index contributed by atoms with van der Waals surface area (Å²) in [6.07, 6.45) is 0. The van der Waals surface area contributed by atoms with Gasteiger partial charge in [0, 0.05) is 29.2 Å². The van der Waals surface area contributed by atoms with E-state index in [1.807, 2.05) is 75.4 Å². The van der Waals surface area contributed by atoms with Crippen molar-refractivity contribution in [1.29, 1.82) is 0 Å². The highest BCUT2D eigenvalue weighted by Gasteiger charge is 2.16. The van der Waals surface area contributed by atoms with Crippen LogP contribution >= 0.6 is 0 Å². The molecule has 3 aromatic rings. The molecule has 0 heterocycles. The van der Waals surface area contributed by atoms with Crippen LogP contribution in [-0.2, 0) is 4.79 Å². The molecule has 154 valence electrons. The first-order chi connectivity index (χ1) is 14.5. The van der Waals surface area contributed by atoms with Crippen LogP contribution in [-0.4, -0.2) is 24.9 Å². The number of nitrogens with one attached hydrogen (secondary N) is 2. The van der Waals surface area contributed by atoms with Gasteiger partial charge in [-0.2, -0.15) is 0 Å². The summed E-state index contributed by atoms with van der Waals surface area (Å²) in [5.74, 6) is -0.219. The minimum atomic E-state index is -0.142. The topological polar surface area (TPSA) is 61.4 Å². The van der Waals surface area contributed by atoms with E-state index in [4.69, 9.17) is 0 Å². The minimum Gasteiger partial charge on any atom is -0.376 e. The fourth-order valence-corrected chi connectivity index (χ4v) is 3.40. The van der Waals surface area contributed by atoms with E-state index in [1.165, 1.54) is 0 Å². The van der Waals surface area contributed by atoms with E-state index < -0.39 is 0 Å². The number of para-hydroxylation sites is 1. The first kappa shape index (κ1) is 21.1. The van der Waals surface area contributed by atoms with Gasteiger partial charge < -0.3 is 15.5 Å². The van der Waals surface area contributed by atoms with Crippen molar-refractivity contribution in [2.45, 2.75) is 20.8 Å². The van der Waals surface area contributed by atoms with Gasteiger partial charge in [-0.25, -0.2) is 0 Å². The summed E-state index contributed by atoms with van der Waals surface area (Å²) in [4.78, 5) is 27.0. The average Bonchev–Trinajstić information content (AvgIpc) is 2.73. The van der Waals surface area contributed by atoms with Gasteiger partial charge in [-0.05, 0) is 74.4 Å². The number of hydrogen-bond donors (Lipinski definition) is 2.